The number of aromatic nitrogens is 1. The average molecular weight is 193 g/mol. The number of rotatable bonds is 4. The second kappa shape index (κ2) is 4.96. The predicted molar refractivity (Wildman–Crippen MR) is 52.1 cm³/mol. The van der Waals surface area contributed by atoms with Crippen LogP contribution >= 0.6 is 0 Å². The summed E-state index contributed by atoms with van der Waals surface area (Å²) in [5, 5.41) is 12.2. The molecule has 1 rings (SSSR count). The van der Waals surface area contributed by atoms with Crippen molar-refractivity contribution in [3.63, 3.8) is 0 Å². The lowest BCUT2D eigenvalue weighted by Gasteiger charge is -1.99. The minimum absolute atomic E-state index is 0.190. The van der Waals surface area contributed by atoms with Gasteiger partial charge in [0.1, 0.15) is 6.54 Å². The minimum Gasteiger partial charge on any atom is -0.480 e. The fourth-order valence-corrected chi connectivity index (χ4v) is 0.860. The minimum atomic E-state index is -0.942. The number of carboxylic acids is 1. The van der Waals surface area contributed by atoms with Gasteiger partial charge < -0.3 is 5.11 Å². The monoisotopic (exact) mass is 193 g/mol. The molecule has 0 unspecified atom stereocenters. The summed E-state index contributed by atoms with van der Waals surface area (Å²) in [5.74, 6) is -0.942. The van der Waals surface area contributed by atoms with Crippen molar-refractivity contribution in [2.75, 3.05) is 6.54 Å². The van der Waals surface area contributed by atoms with Crippen molar-refractivity contribution < 1.29 is 9.90 Å². The lowest BCUT2D eigenvalue weighted by Crippen LogP contribution is -2.18. The molecule has 14 heavy (non-hydrogen) atoms. The molecule has 0 saturated heterocycles. The highest BCUT2D eigenvalue weighted by Gasteiger charge is 1.97. The first-order valence-corrected chi connectivity index (χ1v) is 4.10. The number of hydrazone groups is 1. The number of hydrogen-bond donors (Lipinski definition) is 2. The van der Waals surface area contributed by atoms with Crippen molar-refractivity contribution in [3.05, 3.63) is 30.1 Å². The molecule has 0 atom stereocenters. The van der Waals surface area contributed by atoms with Crippen LogP contribution in [0.1, 0.15) is 12.6 Å². The van der Waals surface area contributed by atoms with E-state index in [9.17, 15) is 4.79 Å². The predicted octanol–water partition coefficient (Wildman–Crippen LogP) is 0.480. The highest BCUT2D eigenvalue weighted by molar-refractivity contribution is 5.96. The molecule has 1 heterocycles. The molecule has 0 aliphatic rings. The van der Waals surface area contributed by atoms with Crippen molar-refractivity contribution in [2.24, 2.45) is 5.10 Å². The maximum atomic E-state index is 10.2. The van der Waals surface area contributed by atoms with Crippen molar-refractivity contribution in [3.8, 4) is 0 Å². The summed E-state index contributed by atoms with van der Waals surface area (Å²) in [7, 11) is 0. The molecule has 0 spiro atoms. The van der Waals surface area contributed by atoms with E-state index in [1.807, 2.05) is 12.1 Å². The third-order valence-electron chi connectivity index (χ3n) is 1.51. The van der Waals surface area contributed by atoms with Crippen LogP contribution in [0.4, 0.5) is 0 Å². The first kappa shape index (κ1) is 10.2. The van der Waals surface area contributed by atoms with Crippen molar-refractivity contribution in [1.29, 1.82) is 0 Å². The summed E-state index contributed by atoms with van der Waals surface area (Å²) in [6.45, 7) is 1.57. The first-order chi connectivity index (χ1) is 6.70. The van der Waals surface area contributed by atoms with Gasteiger partial charge in [0.2, 0.25) is 0 Å². The second-order valence-corrected chi connectivity index (χ2v) is 2.64. The van der Waals surface area contributed by atoms with Crippen LogP contribution in [0.15, 0.2) is 29.5 Å². The summed E-state index contributed by atoms with van der Waals surface area (Å²) in [5.41, 5.74) is 3.82. The number of hydrogen-bond acceptors (Lipinski definition) is 4. The lowest BCUT2D eigenvalue weighted by molar-refractivity contribution is -0.135. The van der Waals surface area contributed by atoms with Gasteiger partial charge in [-0.1, -0.05) is 6.07 Å². The van der Waals surface area contributed by atoms with E-state index in [2.05, 4.69) is 15.5 Å². The highest BCUT2D eigenvalue weighted by Crippen LogP contribution is 1.94. The zero-order valence-corrected chi connectivity index (χ0v) is 7.77. The Labute approximate surface area is 81.5 Å². The number of pyridine rings is 1. The molecule has 5 nitrogen and oxygen atoms in total. The summed E-state index contributed by atoms with van der Waals surface area (Å²) in [6, 6.07) is 5.46. The Morgan fingerprint density at radius 2 is 2.43 bits per heavy atom. The van der Waals surface area contributed by atoms with Crippen LogP contribution in [0.5, 0.6) is 0 Å². The van der Waals surface area contributed by atoms with E-state index in [0.717, 1.165) is 5.69 Å². The van der Waals surface area contributed by atoms with Gasteiger partial charge in [0, 0.05) is 6.20 Å². The lowest BCUT2D eigenvalue weighted by atomic mass is 10.3. The number of aliphatic carboxylic acids is 1. The van der Waals surface area contributed by atoms with Crippen LogP contribution in [0, 0.1) is 0 Å². The first-order valence-electron chi connectivity index (χ1n) is 4.10. The van der Waals surface area contributed by atoms with Crippen LogP contribution < -0.4 is 5.43 Å². The zero-order valence-electron chi connectivity index (χ0n) is 7.77. The molecule has 0 fully saturated rings. The fraction of sp³-hybridized carbons (Fsp3) is 0.222. The average Bonchev–Trinajstić information content (AvgIpc) is 2.18. The van der Waals surface area contributed by atoms with E-state index in [1.54, 1.807) is 19.2 Å². The molecule has 2 N–H and O–H groups in total. The van der Waals surface area contributed by atoms with Gasteiger partial charge in [-0.2, -0.15) is 5.10 Å². The summed E-state index contributed by atoms with van der Waals surface area (Å²) < 4.78 is 0. The Kier molecular flexibility index (Phi) is 3.60. The topological polar surface area (TPSA) is 74.6 Å². The van der Waals surface area contributed by atoms with Crippen molar-refractivity contribution in [1.82, 2.24) is 10.4 Å². The van der Waals surface area contributed by atoms with E-state index >= 15 is 0 Å². The molecule has 0 radical (unpaired) electrons. The molecule has 5 heteroatoms. The third kappa shape index (κ3) is 3.22. The molecule has 0 saturated carbocycles. The fourth-order valence-electron chi connectivity index (χ4n) is 0.860. The molecule has 74 valence electrons. The Balaban J connectivity index is 2.57. The van der Waals surface area contributed by atoms with E-state index in [0.29, 0.717) is 5.71 Å². The number of carbonyl (C=O) groups is 1. The Hall–Kier alpha value is -1.91. The van der Waals surface area contributed by atoms with Crippen LogP contribution in [-0.4, -0.2) is 28.3 Å². The standard InChI is InChI=1S/C9H11N3O2/c1-7(12-11-6-9(13)14)8-4-2-3-5-10-8/h2-5,11H,6H2,1H3,(H,13,14)/b12-7+. The van der Waals surface area contributed by atoms with Gasteiger partial charge in [0.25, 0.3) is 0 Å². The Morgan fingerprint density at radius 1 is 1.64 bits per heavy atom. The van der Waals surface area contributed by atoms with E-state index in [4.69, 9.17) is 5.11 Å². The van der Waals surface area contributed by atoms with Gasteiger partial charge in [-0.3, -0.25) is 15.2 Å². The summed E-state index contributed by atoms with van der Waals surface area (Å²) in [6.07, 6.45) is 1.66. The van der Waals surface area contributed by atoms with E-state index < -0.39 is 5.97 Å². The van der Waals surface area contributed by atoms with Gasteiger partial charge in [0.05, 0.1) is 11.4 Å². The Morgan fingerprint density at radius 3 is 3.00 bits per heavy atom. The molecule has 1 aromatic heterocycles. The van der Waals surface area contributed by atoms with Crippen LogP contribution in [0.3, 0.4) is 0 Å². The normalized spacial score (nSPS) is 11.1. The SMILES string of the molecule is C/C(=N\NCC(=O)O)c1ccccn1. The van der Waals surface area contributed by atoms with Crippen LogP contribution in [0.2, 0.25) is 0 Å². The van der Waals surface area contributed by atoms with Gasteiger partial charge in [-0.05, 0) is 19.1 Å². The largest absolute Gasteiger partial charge is 0.480 e. The van der Waals surface area contributed by atoms with Gasteiger partial charge >= 0.3 is 5.97 Å². The van der Waals surface area contributed by atoms with Gasteiger partial charge in [-0.25, -0.2) is 0 Å². The molecule has 0 aliphatic carbocycles. The molecule has 1 aromatic rings. The van der Waals surface area contributed by atoms with Crippen LogP contribution in [-0.2, 0) is 4.79 Å². The van der Waals surface area contributed by atoms with E-state index in [-0.39, 0.29) is 6.54 Å². The van der Waals surface area contributed by atoms with Gasteiger partial charge in [-0.15, -0.1) is 0 Å². The van der Waals surface area contributed by atoms with Gasteiger partial charge in [0.15, 0.2) is 0 Å². The maximum Gasteiger partial charge on any atom is 0.324 e. The third-order valence-corrected chi connectivity index (χ3v) is 1.51. The molecule has 0 aromatic carbocycles. The highest BCUT2D eigenvalue weighted by atomic mass is 16.4. The molecule has 0 aliphatic heterocycles. The van der Waals surface area contributed by atoms with E-state index in [1.165, 1.54) is 0 Å². The maximum absolute atomic E-state index is 10.2. The van der Waals surface area contributed by atoms with Crippen molar-refractivity contribution in [2.45, 2.75) is 6.92 Å². The summed E-state index contributed by atoms with van der Waals surface area (Å²) in [4.78, 5) is 14.2. The zero-order chi connectivity index (χ0) is 10.4. The smallest absolute Gasteiger partial charge is 0.324 e. The molecule has 0 amide bonds. The number of carboxylic acid groups (broad SMARTS) is 1. The molecular weight excluding hydrogens is 182 g/mol. The quantitative estimate of drug-likeness (QED) is 0.538. The number of nitrogens with zero attached hydrogens (tertiary/aromatic N) is 2. The molecular formula is C9H11N3O2. The summed E-state index contributed by atoms with van der Waals surface area (Å²) >= 11 is 0. The molecule has 0 bridgehead atoms. The van der Waals surface area contributed by atoms with Crippen LogP contribution in [0.25, 0.3) is 0 Å². The number of nitrogens with one attached hydrogen (secondary N) is 1. The Bertz CT molecular complexity index is 335. The van der Waals surface area contributed by atoms with Crippen molar-refractivity contribution >= 4 is 11.7 Å². The second-order valence-electron chi connectivity index (χ2n) is 2.64.